The van der Waals surface area contributed by atoms with Crippen LogP contribution in [0.4, 0.5) is 4.39 Å². The van der Waals surface area contributed by atoms with E-state index in [-0.39, 0.29) is 5.82 Å². The topological polar surface area (TPSA) is 35.7 Å². The minimum absolute atomic E-state index is 0.158. The summed E-state index contributed by atoms with van der Waals surface area (Å²) in [7, 11) is 0. The number of piperazine rings is 1. The predicted molar refractivity (Wildman–Crippen MR) is 108 cm³/mol. The number of hydrogen-bond acceptors (Lipinski definition) is 4. The number of halogens is 1. The average Bonchev–Trinajstić information content (AvgIpc) is 2.62. The van der Waals surface area contributed by atoms with Crippen LogP contribution in [0.1, 0.15) is 32.3 Å². The fraction of sp³-hybridized carbons (Fsp3) is 0.714. The maximum Gasteiger partial charge on any atom is 0.123 e. The Morgan fingerprint density at radius 3 is 2.12 bits per heavy atom. The lowest BCUT2D eigenvalue weighted by atomic mass is 10.1. The van der Waals surface area contributed by atoms with Crippen molar-refractivity contribution in [1.29, 1.82) is 0 Å². The highest BCUT2D eigenvalue weighted by atomic mass is 19.1. The van der Waals surface area contributed by atoms with E-state index in [1.807, 2.05) is 12.1 Å². The molecule has 0 saturated carbocycles. The van der Waals surface area contributed by atoms with Crippen LogP contribution in [0, 0.1) is 11.7 Å². The Labute approximate surface area is 159 Å². The highest BCUT2D eigenvalue weighted by Gasteiger charge is 2.16. The van der Waals surface area contributed by atoms with Gasteiger partial charge in [-0.05, 0) is 62.6 Å². The van der Waals surface area contributed by atoms with E-state index in [1.165, 1.54) is 44.7 Å². The molecule has 0 unspecified atom stereocenters. The molecule has 0 spiro atoms. The van der Waals surface area contributed by atoms with Gasteiger partial charge in [0.05, 0.1) is 0 Å². The molecule has 148 valence electrons. The Balaban J connectivity index is 1.71. The van der Waals surface area contributed by atoms with Crippen molar-refractivity contribution < 1.29 is 4.39 Å². The lowest BCUT2D eigenvalue weighted by Crippen LogP contribution is -2.47. The molecule has 1 aliphatic rings. The van der Waals surface area contributed by atoms with E-state index < -0.39 is 0 Å². The molecule has 0 atom stereocenters. The molecule has 1 aliphatic heterocycles. The van der Waals surface area contributed by atoms with Crippen LogP contribution in [-0.2, 0) is 6.54 Å². The van der Waals surface area contributed by atoms with Gasteiger partial charge < -0.3 is 15.5 Å². The van der Waals surface area contributed by atoms with Gasteiger partial charge in [-0.3, -0.25) is 4.90 Å². The van der Waals surface area contributed by atoms with Crippen LogP contribution >= 0.6 is 0 Å². The van der Waals surface area contributed by atoms with Gasteiger partial charge in [-0.15, -0.1) is 0 Å². The Morgan fingerprint density at radius 1 is 1.00 bits per heavy atom. The van der Waals surface area contributed by atoms with Gasteiger partial charge in [-0.2, -0.15) is 0 Å². The van der Waals surface area contributed by atoms with Crippen molar-refractivity contribution in [2.45, 2.75) is 33.2 Å². The second kappa shape index (κ2) is 11.7. The van der Waals surface area contributed by atoms with Crippen LogP contribution in [0.5, 0.6) is 0 Å². The zero-order valence-corrected chi connectivity index (χ0v) is 16.7. The standard InChI is InChI=1S/C21H37FN4/c1-19(2)17-26(18-20-5-7-21(22)8-6-20)12-4-11-25-15-13-24(14-16-25)10-3-9-23/h5-8,19H,3-4,9-18,23H2,1-2H3. The van der Waals surface area contributed by atoms with Crippen molar-refractivity contribution in [3.8, 4) is 0 Å². The summed E-state index contributed by atoms with van der Waals surface area (Å²) in [6, 6.07) is 6.94. The van der Waals surface area contributed by atoms with E-state index in [2.05, 4.69) is 28.5 Å². The molecular weight excluding hydrogens is 327 g/mol. The van der Waals surface area contributed by atoms with Crippen molar-refractivity contribution in [3.05, 3.63) is 35.6 Å². The quantitative estimate of drug-likeness (QED) is 0.655. The molecule has 0 aliphatic carbocycles. The Kier molecular flexibility index (Phi) is 9.54. The van der Waals surface area contributed by atoms with Gasteiger partial charge in [0.15, 0.2) is 0 Å². The molecule has 0 radical (unpaired) electrons. The number of nitrogens with zero attached hydrogens (tertiary/aromatic N) is 3. The maximum absolute atomic E-state index is 13.1. The summed E-state index contributed by atoms with van der Waals surface area (Å²) in [5.41, 5.74) is 6.80. The van der Waals surface area contributed by atoms with Crippen LogP contribution < -0.4 is 5.73 Å². The summed E-state index contributed by atoms with van der Waals surface area (Å²) < 4.78 is 13.1. The lowest BCUT2D eigenvalue weighted by molar-refractivity contribution is 0.124. The highest BCUT2D eigenvalue weighted by molar-refractivity contribution is 5.15. The second-order valence-electron chi connectivity index (χ2n) is 7.93. The van der Waals surface area contributed by atoms with Crippen molar-refractivity contribution in [3.63, 3.8) is 0 Å². The summed E-state index contributed by atoms with van der Waals surface area (Å²) in [5.74, 6) is 0.483. The molecule has 26 heavy (non-hydrogen) atoms. The molecule has 0 aromatic heterocycles. The molecule has 1 heterocycles. The van der Waals surface area contributed by atoms with Gasteiger partial charge >= 0.3 is 0 Å². The minimum Gasteiger partial charge on any atom is -0.330 e. The SMILES string of the molecule is CC(C)CN(CCCN1CCN(CCCN)CC1)Cc1ccc(F)cc1. The van der Waals surface area contributed by atoms with E-state index in [0.717, 1.165) is 39.1 Å². The van der Waals surface area contributed by atoms with Crippen LogP contribution in [0.2, 0.25) is 0 Å². The minimum atomic E-state index is -0.158. The van der Waals surface area contributed by atoms with Gasteiger partial charge in [0, 0.05) is 39.3 Å². The molecule has 1 aromatic carbocycles. The fourth-order valence-corrected chi connectivity index (χ4v) is 3.67. The van der Waals surface area contributed by atoms with E-state index in [4.69, 9.17) is 5.73 Å². The molecule has 2 rings (SSSR count). The smallest absolute Gasteiger partial charge is 0.123 e. The first-order valence-corrected chi connectivity index (χ1v) is 10.2. The van der Waals surface area contributed by atoms with Crippen molar-refractivity contribution in [2.24, 2.45) is 11.7 Å². The van der Waals surface area contributed by atoms with E-state index in [1.54, 1.807) is 12.1 Å². The second-order valence-corrected chi connectivity index (χ2v) is 7.93. The zero-order valence-electron chi connectivity index (χ0n) is 16.7. The van der Waals surface area contributed by atoms with Crippen molar-refractivity contribution >= 4 is 0 Å². The molecule has 4 nitrogen and oxygen atoms in total. The van der Waals surface area contributed by atoms with Gasteiger partial charge in [-0.25, -0.2) is 4.39 Å². The van der Waals surface area contributed by atoms with Gasteiger partial charge in [-0.1, -0.05) is 26.0 Å². The molecule has 1 fully saturated rings. The predicted octanol–water partition coefficient (Wildman–Crippen LogP) is 2.64. The first-order chi connectivity index (χ1) is 12.6. The van der Waals surface area contributed by atoms with E-state index >= 15 is 0 Å². The summed E-state index contributed by atoms with van der Waals surface area (Å²) in [5, 5.41) is 0. The number of rotatable bonds is 11. The molecule has 5 heteroatoms. The molecule has 1 aromatic rings. The maximum atomic E-state index is 13.1. The fourth-order valence-electron chi connectivity index (χ4n) is 3.67. The third kappa shape index (κ3) is 8.12. The largest absolute Gasteiger partial charge is 0.330 e. The summed E-state index contributed by atoms with van der Waals surface area (Å²) in [6.45, 7) is 15.4. The Morgan fingerprint density at radius 2 is 1.58 bits per heavy atom. The normalized spacial score (nSPS) is 16.7. The number of nitrogens with two attached hydrogens (primary N) is 1. The van der Waals surface area contributed by atoms with Gasteiger partial charge in [0.2, 0.25) is 0 Å². The van der Waals surface area contributed by atoms with Gasteiger partial charge in [0.1, 0.15) is 5.82 Å². The first kappa shape index (κ1) is 21.3. The highest BCUT2D eigenvalue weighted by Crippen LogP contribution is 2.10. The molecular formula is C21H37FN4. The van der Waals surface area contributed by atoms with Crippen LogP contribution in [-0.4, -0.2) is 73.6 Å². The molecule has 0 bridgehead atoms. The first-order valence-electron chi connectivity index (χ1n) is 10.2. The van der Waals surface area contributed by atoms with Crippen LogP contribution in [0.25, 0.3) is 0 Å². The average molecular weight is 365 g/mol. The van der Waals surface area contributed by atoms with E-state index in [9.17, 15) is 4.39 Å². The number of benzene rings is 1. The van der Waals surface area contributed by atoms with Crippen LogP contribution in [0.3, 0.4) is 0 Å². The van der Waals surface area contributed by atoms with Crippen molar-refractivity contribution in [2.75, 3.05) is 58.9 Å². The van der Waals surface area contributed by atoms with Gasteiger partial charge in [0.25, 0.3) is 0 Å². The van der Waals surface area contributed by atoms with Crippen molar-refractivity contribution in [1.82, 2.24) is 14.7 Å². The van der Waals surface area contributed by atoms with E-state index in [0.29, 0.717) is 5.92 Å². The summed E-state index contributed by atoms with van der Waals surface area (Å²) in [4.78, 5) is 7.63. The van der Waals surface area contributed by atoms with Crippen LogP contribution in [0.15, 0.2) is 24.3 Å². The molecule has 0 amide bonds. The Hall–Kier alpha value is -1.01. The monoisotopic (exact) mass is 364 g/mol. The lowest BCUT2D eigenvalue weighted by Gasteiger charge is -2.35. The molecule has 2 N–H and O–H groups in total. The third-order valence-corrected chi connectivity index (χ3v) is 5.03. The Bertz CT molecular complexity index is 483. The molecule has 1 saturated heterocycles. The number of hydrogen-bond donors (Lipinski definition) is 1. The third-order valence-electron chi connectivity index (χ3n) is 5.03. The summed E-state index contributed by atoms with van der Waals surface area (Å²) >= 11 is 0. The zero-order chi connectivity index (χ0) is 18.8. The summed E-state index contributed by atoms with van der Waals surface area (Å²) in [6.07, 6.45) is 2.30.